The molecule has 172 valence electrons. The molecule has 0 bridgehead atoms. The first-order valence-corrected chi connectivity index (χ1v) is 11.0. The fourth-order valence-corrected chi connectivity index (χ4v) is 3.62. The number of carbonyl (C=O) groups excluding carboxylic acids is 2. The number of benzene rings is 1. The molecule has 33 heavy (non-hydrogen) atoms. The van der Waals surface area contributed by atoms with Crippen molar-refractivity contribution < 1.29 is 19.1 Å². The number of hydrogen-bond acceptors (Lipinski definition) is 6. The van der Waals surface area contributed by atoms with Crippen molar-refractivity contribution in [1.82, 2.24) is 24.6 Å². The first-order valence-electron chi connectivity index (χ1n) is 11.0. The van der Waals surface area contributed by atoms with E-state index in [1.165, 1.54) is 0 Å². The fraction of sp³-hybridized carbons (Fsp3) is 0.333. The maximum Gasteiger partial charge on any atom is 0.272 e. The Hall–Kier alpha value is -3.88. The van der Waals surface area contributed by atoms with Gasteiger partial charge in [-0.2, -0.15) is 5.10 Å². The van der Waals surface area contributed by atoms with Gasteiger partial charge in [-0.1, -0.05) is 19.1 Å². The van der Waals surface area contributed by atoms with Crippen LogP contribution in [0, 0.1) is 0 Å². The topological polar surface area (TPSA) is 89.8 Å². The zero-order chi connectivity index (χ0) is 23.2. The summed E-state index contributed by atoms with van der Waals surface area (Å²) >= 11 is 0. The van der Waals surface area contributed by atoms with E-state index in [2.05, 4.69) is 10.1 Å². The van der Waals surface area contributed by atoms with Gasteiger partial charge in [0, 0.05) is 39.1 Å². The number of para-hydroxylation sites is 2. The predicted octanol–water partition coefficient (Wildman–Crippen LogP) is 3.09. The molecular formula is C24H27N5O4. The summed E-state index contributed by atoms with van der Waals surface area (Å²) in [7, 11) is 1.70. The van der Waals surface area contributed by atoms with Crippen LogP contribution in [0.25, 0.3) is 0 Å². The van der Waals surface area contributed by atoms with Crippen molar-refractivity contribution in [2.45, 2.75) is 19.9 Å². The van der Waals surface area contributed by atoms with E-state index in [1.807, 2.05) is 19.1 Å². The number of rotatable bonds is 3. The molecule has 0 radical (unpaired) electrons. The lowest BCUT2D eigenvalue weighted by atomic mass is 10.2. The standard InChI is InChI=1S/C24H27N5O4/c1-3-13-29-19(10-12-26-29)24(31)28-15-14-27(2)23(30)18-7-6-11-25-22(18)33-21-9-5-4-8-20(21)32-17-16-28/h4-12H,3,13-17H2,1-2H3. The molecule has 2 amide bonds. The summed E-state index contributed by atoms with van der Waals surface area (Å²) in [6, 6.07) is 12.3. The van der Waals surface area contributed by atoms with Gasteiger partial charge in [0.15, 0.2) is 11.5 Å². The summed E-state index contributed by atoms with van der Waals surface area (Å²) in [6.45, 7) is 3.99. The van der Waals surface area contributed by atoms with E-state index in [-0.39, 0.29) is 24.3 Å². The van der Waals surface area contributed by atoms with Crippen LogP contribution in [-0.4, -0.2) is 69.7 Å². The molecule has 0 fully saturated rings. The van der Waals surface area contributed by atoms with Crippen LogP contribution in [-0.2, 0) is 6.54 Å². The van der Waals surface area contributed by atoms with Crippen molar-refractivity contribution in [2.24, 2.45) is 0 Å². The van der Waals surface area contributed by atoms with Crippen molar-refractivity contribution in [2.75, 3.05) is 33.3 Å². The number of aryl methyl sites for hydroxylation is 1. The highest BCUT2D eigenvalue weighted by Crippen LogP contribution is 2.32. The van der Waals surface area contributed by atoms with Crippen LogP contribution in [0.4, 0.5) is 0 Å². The van der Waals surface area contributed by atoms with Gasteiger partial charge < -0.3 is 19.3 Å². The summed E-state index contributed by atoms with van der Waals surface area (Å²) in [5, 5.41) is 4.27. The Labute approximate surface area is 192 Å². The van der Waals surface area contributed by atoms with Crippen molar-refractivity contribution in [3.8, 4) is 17.4 Å². The Kier molecular flexibility index (Phi) is 6.87. The lowest BCUT2D eigenvalue weighted by Crippen LogP contribution is -2.42. The van der Waals surface area contributed by atoms with Crippen LogP contribution >= 0.6 is 0 Å². The minimum Gasteiger partial charge on any atom is -0.488 e. The fourth-order valence-electron chi connectivity index (χ4n) is 3.62. The molecule has 0 atom stereocenters. The van der Waals surface area contributed by atoms with E-state index < -0.39 is 0 Å². The largest absolute Gasteiger partial charge is 0.488 e. The Bertz CT molecular complexity index is 1130. The first kappa shape index (κ1) is 22.3. The number of carbonyl (C=O) groups is 2. The zero-order valence-corrected chi connectivity index (χ0v) is 18.8. The highest BCUT2D eigenvalue weighted by molar-refractivity contribution is 5.96. The number of aromatic nitrogens is 3. The van der Waals surface area contributed by atoms with E-state index in [0.717, 1.165) is 6.42 Å². The predicted molar refractivity (Wildman–Crippen MR) is 122 cm³/mol. The van der Waals surface area contributed by atoms with Gasteiger partial charge in [0.2, 0.25) is 5.88 Å². The van der Waals surface area contributed by atoms with Gasteiger partial charge in [0.05, 0.1) is 6.54 Å². The number of ether oxygens (including phenoxy) is 2. The Morgan fingerprint density at radius 2 is 1.85 bits per heavy atom. The molecule has 0 spiro atoms. The molecule has 0 saturated carbocycles. The Morgan fingerprint density at radius 3 is 2.67 bits per heavy atom. The van der Waals surface area contributed by atoms with Gasteiger partial charge in [-0.05, 0) is 36.8 Å². The smallest absolute Gasteiger partial charge is 0.272 e. The molecule has 0 N–H and O–H groups in total. The Balaban J connectivity index is 1.65. The number of amides is 2. The number of likely N-dealkylation sites (N-methyl/N-ethyl adjacent to an activating group) is 1. The van der Waals surface area contributed by atoms with Crippen molar-refractivity contribution in [3.63, 3.8) is 0 Å². The molecule has 3 heterocycles. The molecule has 0 unspecified atom stereocenters. The number of pyridine rings is 1. The van der Waals surface area contributed by atoms with Crippen LogP contribution in [0.2, 0.25) is 0 Å². The molecule has 0 aliphatic carbocycles. The molecule has 2 aromatic heterocycles. The normalized spacial score (nSPS) is 14.7. The molecule has 3 aromatic rings. The monoisotopic (exact) mass is 449 g/mol. The third-order valence-electron chi connectivity index (χ3n) is 5.39. The van der Waals surface area contributed by atoms with Crippen molar-refractivity contribution in [3.05, 3.63) is 66.1 Å². The third kappa shape index (κ3) is 4.97. The quantitative estimate of drug-likeness (QED) is 0.611. The molecular weight excluding hydrogens is 422 g/mol. The second-order valence-corrected chi connectivity index (χ2v) is 7.71. The summed E-state index contributed by atoms with van der Waals surface area (Å²) in [5.74, 6) is 0.788. The maximum absolute atomic E-state index is 13.3. The lowest BCUT2D eigenvalue weighted by molar-refractivity contribution is 0.0660. The zero-order valence-electron chi connectivity index (χ0n) is 18.8. The number of fused-ring (bicyclic) bond motifs is 2. The van der Waals surface area contributed by atoms with Crippen LogP contribution in [0.5, 0.6) is 17.4 Å². The van der Waals surface area contributed by atoms with Gasteiger partial charge >= 0.3 is 0 Å². The molecule has 9 heteroatoms. The van der Waals surface area contributed by atoms with Crippen LogP contribution in [0.3, 0.4) is 0 Å². The Morgan fingerprint density at radius 1 is 1.03 bits per heavy atom. The minimum absolute atomic E-state index is 0.146. The molecule has 1 aliphatic rings. The summed E-state index contributed by atoms with van der Waals surface area (Å²) in [5.41, 5.74) is 0.862. The van der Waals surface area contributed by atoms with E-state index >= 15 is 0 Å². The molecule has 9 nitrogen and oxygen atoms in total. The molecule has 4 rings (SSSR count). The highest BCUT2D eigenvalue weighted by atomic mass is 16.5. The van der Waals surface area contributed by atoms with E-state index in [0.29, 0.717) is 48.9 Å². The lowest BCUT2D eigenvalue weighted by Gasteiger charge is -2.26. The minimum atomic E-state index is -0.237. The van der Waals surface area contributed by atoms with Crippen molar-refractivity contribution >= 4 is 11.8 Å². The average molecular weight is 450 g/mol. The van der Waals surface area contributed by atoms with Gasteiger partial charge in [-0.3, -0.25) is 14.3 Å². The number of nitrogens with zero attached hydrogens (tertiary/aromatic N) is 5. The van der Waals surface area contributed by atoms with Gasteiger partial charge in [-0.15, -0.1) is 0 Å². The highest BCUT2D eigenvalue weighted by Gasteiger charge is 2.24. The van der Waals surface area contributed by atoms with E-state index in [1.54, 1.807) is 64.3 Å². The summed E-state index contributed by atoms with van der Waals surface area (Å²) in [4.78, 5) is 34.0. The first-order chi connectivity index (χ1) is 16.1. The second-order valence-electron chi connectivity index (χ2n) is 7.71. The van der Waals surface area contributed by atoms with Crippen LogP contribution < -0.4 is 9.47 Å². The maximum atomic E-state index is 13.3. The van der Waals surface area contributed by atoms with E-state index in [9.17, 15) is 9.59 Å². The van der Waals surface area contributed by atoms with Gasteiger partial charge in [0.1, 0.15) is 17.9 Å². The summed E-state index contributed by atoms with van der Waals surface area (Å²) < 4.78 is 13.7. The van der Waals surface area contributed by atoms with Crippen LogP contribution in [0.1, 0.15) is 34.2 Å². The van der Waals surface area contributed by atoms with Gasteiger partial charge in [0.25, 0.3) is 11.8 Å². The summed E-state index contributed by atoms with van der Waals surface area (Å²) in [6.07, 6.45) is 4.08. The third-order valence-corrected chi connectivity index (χ3v) is 5.39. The average Bonchev–Trinajstić information content (AvgIpc) is 3.29. The van der Waals surface area contributed by atoms with Crippen LogP contribution in [0.15, 0.2) is 54.9 Å². The van der Waals surface area contributed by atoms with Crippen molar-refractivity contribution in [1.29, 1.82) is 0 Å². The molecule has 0 saturated heterocycles. The van der Waals surface area contributed by atoms with E-state index in [4.69, 9.17) is 9.47 Å². The number of hydrogen-bond donors (Lipinski definition) is 0. The molecule has 1 aromatic carbocycles. The van der Waals surface area contributed by atoms with Gasteiger partial charge in [-0.25, -0.2) is 4.98 Å². The second kappa shape index (κ2) is 10.2. The SMILES string of the molecule is CCCn1nccc1C(=O)N1CCOc2ccccc2Oc2ncccc2C(=O)N(C)CC1. The molecule has 1 aliphatic heterocycles.